The lowest BCUT2D eigenvalue weighted by Gasteiger charge is -2.29. The van der Waals surface area contributed by atoms with Crippen LogP contribution < -0.4 is 31.6 Å². The Hall–Kier alpha value is -4.52. The molecule has 3 rings (SSSR count). The van der Waals surface area contributed by atoms with Crippen molar-refractivity contribution in [2.24, 2.45) is 16.5 Å². The summed E-state index contributed by atoms with van der Waals surface area (Å²) in [6, 6.07) is 9.79. The average molecular weight is 561 g/mol. The van der Waals surface area contributed by atoms with Gasteiger partial charge >= 0.3 is 6.18 Å². The number of rotatable bonds is 9. The highest BCUT2D eigenvalue weighted by Crippen LogP contribution is 2.31. The summed E-state index contributed by atoms with van der Waals surface area (Å²) in [7, 11) is 3.39. The van der Waals surface area contributed by atoms with Crippen molar-refractivity contribution in [3.8, 4) is 11.5 Å². The molecule has 1 heterocycles. The minimum Gasteiger partial charge on any atom is -0.495 e. The molecule has 2 aromatic rings. The van der Waals surface area contributed by atoms with E-state index in [0.717, 1.165) is 32.0 Å². The number of carbonyl (C=O) groups is 2. The first-order chi connectivity index (χ1) is 18.9. The van der Waals surface area contributed by atoms with E-state index < -0.39 is 29.5 Å². The fourth-order valence-electron chi connectivity index (χ4n) is 3.92. The number of piperidine rings is 1. The molecule has 13 heteroatoms. The fraction of sp³-hybridized carbons (Fsp3) is 0.296. The maximum Gasteiger partial charge on any atom is 0.421 e. The van der Waals surface area contributed by atoms with E-state index >= 15 is 0 Å². The minimum absolute atomic E-state index is 0.0174. The first-order valence-corrected chi connectivity index (χ1v) is 12.2. The molecule has 0 saturated carbocycles. The predicted octanol–water partition coefficient (Wildman–Crippen LogP) is 3.38. The van der Waals surface area contributed by atoms with Crippen molar-refractivity contribution in [3.63, 3.8) is 0 Å². The van der Waals surface area contributed by atoms with Crippen LogP contribution in [-0.4, -0.2) is 62.1 Å². The van der Waals surface area contributed by atoms with Crippen LogP contribution in [-0.2, 0) is 0 Å². The van der Waals surface area contributed by atoms with E-state index in [-0.39, 0.29) is 34.7 Å². The third-order valence-electron chi connectivity index (χ3n) is 6.08. The molecule has 214 valence electrons. The first kappa shape index (κ1) is 30.0. The van der Waals surface area contributed by atoms with Crippen LogP contribution in [0.3, 0.4) is 0 Å². The minimum atomic E-state index is -4.89. The molecule has 0 atom stereocenters. The van der Waals surface area contributed by atoms with Gasteiger partial charge in [0.2, 0.25) is 17.7 Å². The van der Waals surface area contributed by atoms with Crippen molar-refractivity contribution in [2.75, 3.05) is 32.6 Å². The number of amides is 2. The molecule has 1 aliphatic rings. The van der Waals surface area contributed by atoms with Crippen LogP contribution in [0.4, 0.5) is 18.9 Å². The summed E-state index contributed by atoms with van der Waals surface area (Å²) in [4.78, 5) is 30.2. The number of alkyl halides is 3. The van der Waals surface area contributed by atoms with Gasteiger partial charge in [0, 0.05) is 17.2 Å². The van der Waals surface area contributed by atoms with Crippen LogP contribution in [0.15, 0.2) is 71.6 Å². The summed E-state index contributed by atoms with van der Waals surface area (Å²) < 4.78 is 51.9. The van der Waals surface area contributed by atoms with Crippen molar-refractivity contribution in [3.05, 3.63) is 77.7 Å². The second-order valence-corrected chi connectivity index (χ2v) is 9.00. The van der Waals surface area contributed by atoms with Gasteiger partial charge in [-0.1, -0.05) is 18.7 Å². The van der Waals surface area contributed by atoms with Gasteiger partial charge in [-0.2, -0.15) is 18.2 Å². The highest BCUT2D eigenvalue weighted by atomic mass is 19.4. The van der Waals surface area contributed by atoms with E-state index in [1.807, 2.05) is 7.05 Å². The van der Waals surface area contributed by atoms with Crippen LogP contribution >= 0.6 is 0 Å². The van der Waals surface area contributed by atoms with Crippen LogP contribution in [0.1, 0.15) is 33.6 Å². The smallest absolute Gasteiger partial charge is 0.421 e. The number of aliphatic imine (C=N–C) groups is 1. The molecular weight excluding hydrogens is 529 g/mol. The number of hydrogen-bond donors (Lipinski definition) is 4. The van der Waals surface area contributed by atoms with E-state index in [2.05, 4.69) is 27.1 Å². The van der Waals surface area contributed by atoms with Gasteiger partial charge in [-0.15, -0.1) is 0 Å². The molecule has 0 spiro atoms. The van der Waals surface area contributed by atoms with Gasteiger partial charge in [-0.25, -0.2) is 0 Å². The Morgan fingerprint density at radius 3 is 2.42 bits per heavy atom. The monoisotopic (exact) mass is 560 g/mol. The molecule has 2 aromatic carbocycles. The number of carbonyl (C=O) groups excluding carboxylic acids is 2. The number of likely N-dealkylation sites (tertiary alicyclic amines) is 1. The lowest BCUT2D eigenvalue weighted by atomic mass is 10.0. The second-order valence-electron chi connectivity index (χ2n) is 9.00. The number of hydrogen-bond acceptors (Lipinski definition) is 6. The van der Waals surface area contributed by atoms with E-state index in [9.17, 15) is 22.8 Å². The Morgan fingerprint density at radius 1 is 1.12 bits per heavy atom. The van der Waals surface area contributed by atoms with Crippen molar-refractivity contribution >= 4 is 23.5 Å². The second kappa shape index (κ2) is 13.0. The number of primary amides is 1. The Balaban J connectivity index is 1.86. The number of benzene rings is 2. The van der Waals surface area contributed by atoms with Crippen LogP contribution in [0.5, 0.6) is 11.5 Å². The number of allylic oxidation sites excluding steroid dienone is 2. The molecule has 1 saturated heterocycles. The van der Waals surface area contributed by atoms with Crippen molar-refractivity contribution in [1.29, 1.82) is 0 Å². The molecule has 0 bridgehead atoms. The van der Waals surface area contributed by atoms with Crippen LogP contribution in [0, 0.1) is 0 Å². The maximum absolute atomic E-state index is 13.7. The molecule has 1 aliphatic heterocycles. The van der Waals surface area contributed by atoms with Crippen LogP contribution in [0.2, 0.25) is 0 Å². The standard InChI is InChI=1S/C27H31F3N6O4/c1-4-20(27(28,29)30)25(40-19-7-5-6-16(14-19)23(31)37)35-26(32)34-21-9-8-17(15-22(21)39-3)24(38)33-18-10-12-36(2)13-11-18/h4-9,14-15,18H,1,10-13H2,2-3H3,(H2,31,37)(H,33,38)(H3,32,34,35)/b25-20-. The van der Waals surface area contributed by atoms with E-state index in [0.29, 0.717) is 11.6 Å². The Bertz CT molecular complexity index is 1320. The Kier molecular flexibility index (Phi) is 9.78. The van der Waals surface area contributed by atoms with E-state index in [1.165, 1.54) is 43.5 Å². The quantitative estimate of drug-likeness (QED) is 0.159. The highest BCUT2D eigenvalue weighted by molar-refractivity contribution is 5.98. The largest absolute Gasteiger partial charge is 0.495 e. The van der Waals surface area contributed by atoms with Gasteiger partial charge in [0.15, 0.2) is 0 Å². The molecule has 0 radical (unpaired) electrons. The molecule has 10 nitrogen and oxygen atoms in total. The highest BCUT2D eigenvalue weighted by Gasteiger charge is 2.36. The lowest BCUT2D eigenvalue weighted by Crippen LogP contribution is -2.43. The van der Waals surface area contributed by atoms with E-state index in [4.69, 9.17) is 20.9 Å². The normalized spacial score (nSPS) is 15.6. The average Bonchev–Trinajstić information content (AvgIpc) is 2.89. The number of methoxy groups -OCH3 is 1. The molecule has 40 heavy (non-hydrogen) atoms. The van der Waals surface area contributed by atoms with Crippen LogP contribution in [0.25, 0.3) is 0 Å². The summed E-state index contributed by atoms with van der Waals surface area (Å²) in [5, 5.41) is 5.67. The third kappa shape index (κ3) is 7.99. The van der Waals surface area contributed by atoms with Gasteiger partial charge in [-0.05, 0) is 69.4 Å². The molecular formula is C27H31F3N6O4. The summed E-state index contributed by atoms with van der Waals surface area (Å²) in [6.07, 6.45) is -2.69. The Morgan fingerprint density at radius 2 is 1.82 bits per heavy atom. The molecule has 0 aromatic heterocycles. The zero-order valence-electron chi connectivity index (χ0n) is 22.0. The molecule has 1 fully saturated rings. The van der Waals surface area contributed by atoms with Crippen molar-refractivity contribution in [1.82, 2.24) is 10.2 Å². The third-order valence-corrected chi connectivity index (χ3v) is 6.08. The number of ether oxygens (including phenoxy) is 2. The number of nitrogens with one attached hydrogen (secondary N) is 2. The summed E-state index contributed by atoms with van der Waals surface area (Å²) in [5.41, 5.74) is 10.5. The first-order valence-electron chi connectivity index (χ1n) is 12.2. The molecule has 0 unspecified atom stereocenters. The number of nitrogens with zero attached hydrogens (tertiary/aromatic N) is 2. The van der Waals surface area contributed by atoms with Crippen molar-refractivity contribution < 1.29 is 32.2 Å². The van der Waals surface area contributed by atoms with Gasteiger partial charge in [0.05, 0.1) is 12.8 Å². The van der Waals surface area contributed by atoms with Gasteiger partial charge in [-0.3, -0.25) is 9.59 Å². The molecule has 2 amide bonds. The zero-order valence-corrected chi connectivity index (χ0v) is 22.0. The zero-order chi connectivity index (χ0) is 29.4. The number of nitrogens with two attached hydrogens (primary N) is 2. The lowest BCUT2D eigenvalue weighted by molar-refractivity contribution is -0.0905. The molecule has 6 N–H and O–H groups in total. The van der Waals surface area contributed by atoms with Gasteiger partial charge in [0.25, 0.3) is 5.91 Å². The Labute approximate surface area is 229 Å². The van der Waals surface area contributed by atoms with Crippen molar-refractivity contribution in [2.45, 2.75) is 25.1 Å². The summed E-state index contributed by atoms with van der Waals surface area (Å²) in [6.45, 7) is 4.97. The number of halogens is 3. The fourth-order valence-corrected chi connectivity index (χ4v) is 3.92. The maximum atomic E-state index is 13.7. The SMILES string of the molecule is C=C/C(=C(\N=C(/N)Nc1ccc(C(=O)NC2CCN(C)CC2)cc1OC)Oc1cccc(C(N)=O)c1)C(F)(F)F. The number of anilines is 1. The topological polar surface area (TPSA) is 144 Å². The summed E-state index contributed by atoms with van der Waals surface area (Å²) in [5.74, 6) is -2.41. The van der Waals surface area contributed by atoms with E-state index in [1.54, 1.807) is 0 Å². The summed E-state index contributed by atoms with van der Waals surface area (Å²) >= 11 is 0. The van der Waals surface area contributed by atoms with Gasteiger partial charge < -0.3 is 36.5 Å². The predicted molar refractivity (Wildman–Crippen MR) is 145 cm³/mol. The van der Waals surface area contributed by atoms with Gasteiger partial charge in [0.1, 0.15) is 17.1 Å². The molecule has 0 aliphatic carbocycles. The number of guanidine groups is 1.